The summed E-state index contributed by atoms with van der Waals surface area (Å²) >= 11 is 6.09. The third-order valence-corrected chi connectivity index (χ3v) is 5.50. The Balaban J connectivity index is 1.42. The van der Waals surface area contributed by atoms with E-state index in [1.54, 1.807) is 6.07 Å². The number of amides is 3. The fourth-order valence-corrected chi connectivity index (χ4v) is 3.77. The molecule has 7 heteroatoms. The predicted molar refractivity (Wildman–Crippen MR) is 116 cm³/mol. The van der Waals surface area contributed by atoms with Gasteiger partial charge in [0, 0.05) is 30.0 Å². The molecule has 152 valence electrons. The first-order valence-corrected chi connectivity index (χ1v) is 10.0. The Morgan fingerprint density at radius 2 is 1.63 bits per heavy atom. The number of carbonyl (C=O) groups excluding carboxylic acids is 3. The topological polar surface area (TPSA) is 69.7 Å². The molecule has 30 heavy (non-hydrogen) atoms. The molecule has 0 aromatic heterocycles. The first kappa shape index (κ1) is 19.9. The van der Waals surface area contributed by atoms with Gasteiger partial charge in [0.2, 0.25) is 5.91 Å². The normalized spacial score (nSPS) is 14.3. The molecule has 0 saturated carbocycles. The minimum Gasteiger partial charge on any atom is -0.350 e. The highest BCUT2D eigenvalue weighted by atomic mass is 35.5. The van der Waals surface area contributed by atoms with Crippen molar-refractivity contribution < 1.29 is 14.4 Å². The Kier molecular flexibility index (Phi) is 5.68. The SMILES string of the molecule is O=C(CN1CCN(c2cccc3ccccc23)C(=O)C1=O)NCc1ccccc1Cl. The van der Waals surface area contributed by atoms with Gasteiger partial charge >= 0.3 is 11.8 Å². The van der Waals surface area contributed by atoms with Gasteiger partial charge in [0.25, 0.3) is 0 Å². The number of benzene rings is 3. The average Bonchev–Trinajstić information content (AvgIpc) is 2.76. The molecular weight excluding hydrogens is 402 g/mol. The highest BCUT2D eigenvalue weighted by Gasteiger charge is 2.34. The lowest BCUT2D eigenvalue weighted by molar-refractivity contribution is -0.147. The number of fused-ring (bicyclic) bond motifs is 1. The monoisotopic (exact) mass is 421 g/mol. The molecule has 0 aliphatic carbocycles. The summed E-state index contributed by atoms with van der Waals surface area (Å²) < 4.78 is 0. The zero-order valence-electron chi connectivity index (χ0n) is 16.2. The summed E-state index contributed by atoms with van der Waals surface area (Å²) in [4.78, 5) is 40.5. The van der Waals surface area contributed by atoms with Gasteiger partial charge < -0.3 is 15.1 Å². The molecular formula is C23H20ClN3O3. The Hall–Kier alpha value is -3.38. The molecule has 1 fully saturated rings. The lowest BCUT2D eigenvalue weighted by atomic mass is 10.1. The van der Waals surface area contributed by atoms with E-state index >= 15 is 0 Å². The molecule has 1 aliphatic rings. The molecule has 4 rings (SSSR count). The number of nitrogens with zero attached hydrogens (tertiary/aromatic N) is 2. The van der Waals surface area contributed by atoms with Crippen LogP contribution in [-0.2, 0) is 20.9 Å². The summed E-state index contributed by atoms with van der Waals surface area (Å²) in [6.45, 7) is 0.707. The molecule has 1 N–H and O–H groups in total. The number of piperazine rings is 1. The summed E-state index contributed by atoms with van der Waals surface area (Å²) in [6.07, 6.45) is 0. The number of carbonyl (C=O) groups is 3. The third-order valence-electron chi connectivity index (χ3n) is 5.13. The average molecular weight is 422 g/mol. The van der Waals surface area contributed by atoms with Crippen LogP contribution in [0.2, 0.25) is 5.02 Å². The van der Waals surface area contributed by atoms with E-state index in [1.807, 2.05) is 60.7 Å². The second-order valence-electron chi connectivity index (χ2n) is 7.05. The van der Waals surface area contributed by atoms with Gasteiger partial charge in [-0.3, -0.25) is 14.4 Å². The van der Waals surface area contributed by atoms with Gasteiger partial charge in [0.1, 0.15) is 6.54 Å². The lowest BCUT2D eigenvalue weighted by Crippen LogP contribution is -2.56. The molecule has 6 nitrogen and oxygen atoms in total. The summed E-state index contributed by atoms with van der Waals surface area (Å²) in [6, 6.07) is 20.6. The standard InChI is InChI=1S/C23H20ClN3O3/c24-19-10-4-2-7-17(19)14-25-21(28)15-26-12-13-27(23(30)22(26)29)20-11-5-8-16-6-1-3-9-18(16)20/h1-11H,12-15H2,(H,25,28). The number of anilines is 1. The summed E-state index contributed by atoms with van der Waals surface area (Å²) in [5.74, 6) is -1.65. The number of nitrogens with one attached hydrogen (secondary N) is 1. The van der Waals surface area contributed by atoms with Crippen molar-refractivity contribution in [3.63, 3.8) is 0 Å². The maximum Gasteiger partial charge on any atom is 0.316 e. The van der Waals surface area contributed by atoms with Gasteiger partial charge in [-0.05, 0) is 23.1 Å². The van der Waals surface area contributed by atoms with Gasteiger partial charge in [-0.1, -0.05) is 66.2 Å². The molecule has 1 aliphatic heterocycles. The van der Waals surface area contributed by atoms with Crippen LogP contribution in [0, 0.1) is 0 Å². The van der Waals surface area contributed by atoms with Crippen LogP contribution in [0.4, 0.5) is 5.69 Å². The zero-order chi connectivity index (χ0) is 21.1. The van der Waals surface area contributed by atoms with E-state index < -0.39 is 11.8 Å². The van der Waals surface area contributed by atoms with E-state index in [9.17, 15) is 14.4 Å². The first-order chi connectivity index (χ1) is 14.5. The van der Waals surface area contributed by atoms with Crippen LogP contribution in [0.15, 0.2) is 66.7 Å². The lowest BCUT2D eigenvalue weighted by Gasteiger charge is -2.34. The van der Waals surface area contributed by atoms with Crippen molar-refractivity contribution in [1.29, 1.82) is 0 Å². The van der Waals surface area contributed by atoms with E-state index in [-0.39, 0.29) is 25.5 Å². The van der Waals surface area contributed by atoms with Gasteiger partial charge in [-0.25, -0.2) is 0 Å². The van der Waals surface area contributed by atoms with Gasteiger partial charge in [0.05, 0.1) is 5.69 Å². The van der Waals surface area contributed by atoms with E-state index in [2.05, 4.69) is 5.32 Å². The molecule has 0 spiro atoms. The molecule has 3 aromatic carbocycles. The van der Waals surface area contributed by atoms with Crippen molar-refractivity contribution in [3.05, 3.63) is 77.3 Å². The Morgan fingerprint density at radius 1 is 0.900 bits per heavy atom. The van der Waals surface area contributed by atoms with E-state index in [1.165, 1.54) is 9.80 Å². The highest BCUT2D eigenvalue weighted by molar-refractivity contribution is 6.41. The van der Waals surface area contributed by atoms with E-state index in [0.29, 0.717) is 17.3 Å². The summed E-state index contributed by atoms with van der Waals surface area (Å²) in [7, 11) is 0. The van der Waals surface area contributed by atoms with E-state index in [0.717, 1.165) is 16.3 Å². The van der Waals surface area contributed by atoms with Crippen LogP contribution in [0.3, 0.4) is 0 Å². The maximum atomic E-state index is 12.8. The van der Waals surface area contributed by atoms with Crippen LogP contribution in [-0.4, -0.2) is 42.3 Å². The largest absolute Gasteiger partial charge is 0.350 e. The van der Waals surface area contributed by atoms with Gasteiger partial charge in [-0.15, -0.1) is 0 Å². The number of rotatable bonds is 5. The minimum atomic E-state index is -0.679. The molecule has 0 bridgehead atoms. The smallest absolute Gasteiger partial charge is 0.316 e. The number of hydrogen-bond donors (Lipinski definition) is 1. The van der Waals surface area contributed by atoms with Gasteiger partial charge in [0.15, 0.2) is 0 Å². The van der Waals surface area contributed by atoms with Crippen LogP contribution < -0.4 is 10.2 Å². The van der Waals surface area contributed by atoms with Crippen molar-refractivity contribution >= 4 is 45.8 Å². The maximum absolute atomic E-state index is 12.8. The minimum absolute atomic E-state index is 0.168. The molecule has 1 saturated heterocycles. The van der Waals surface area contributed by atoms with Crippen molar-refractivity contribution in [2.24, 2.45) is 0 Å². The second-order valence-corrected chi connectivity index (χ2v) is 7.46. The molecule has 1 heterocycles. The Bertz CT molecular complexity index is 1130. The fourth-order valence-electron chi connectivity index (χ4n) is 3.56. The number of hydrogen-bond acceptors (Lipinski definition) is 3. The number of halogens is 1. The molecule has 0 radical (unpaired) electrons. The zero-order valence-corrected chi connectivity index (χ0v) is 16.9. The molecule has 3 amide bonds. The summed E-state index contributed by atoms with van der Waals surface area (Å²) in [5.41, 5.74) is 1.49. The van der Waals surface area contributed by atoms with Crippen LogP contribution >= 0.6 is 11.6 Å². The first-order valence-electron chi connectivity index (χ1n) is 9.63. The predicted octanol–water partition coefficient (Wildman–Crippen LogP) is 2.98. The van der Waals surface area contributed by atoms with E-state index in [4.69, 9.17) is 11.6 Å². The summed E-state index contributed by atoms with van der Waals surface area (Å²) in [5, 5.41) is 5.22. The highest BCUT2D eigenvalue weighted by Crippen LogP contribution is 2.28. The van der Waals surface area contributed by atoms with Crippen LogP contribution in [0.25, 0.3) is 10.8 Å². The molecule has 3 aromatic rings. The van der Waals surface area contributed by atoms with Gasteiger partial charge in [-0.2, -0.15) is 0 Å². The quantitative estimate of drug-likeness (QED) is 0.644. The van der Waals surface area contributed by atoms with Crippen LogP contribution in [0.1, 0.15) is 5.56 Å². The van der Waals surface area contributed by atoms with Crippen molar-refractivity contribution in [2.45, 2.75) is 6.54 Å². The third kappa shape index (κ3) is 4.00. The molecule has 0 atom stereocenters. The second kappa shape index (κ2) is 8.55. The Morgan fingerprint density at radius 3 is 2.47 bits per heavy atom. The van der Waals surface area contributed by atoms with Crippen molar-refractivity contribution in [1.82, 2.24) is 10.2 Å². The van der Waals surface area contributed by atoms with Crippen molar-refractivity contribution in [2.75, 3.05) is 24.5 Å². The van der Waals surface area contributed by atoms with Crippen molar-refractivity contribution in [3.8, 4) is 0 Å². The fraction of sp³-hybridized carbons (Fsp3) is 0.174. The molecule has 0 unspecified atom stereocenters. The van der Waals surface area contributed by atoms with Crippen LogP contribution in [0.5, 0.6) is 0 Å². The Labute approximate surface area is 179 Å².